The zero-order chi connectivity index (χ0) is 34.7. The molecule has 3 fully saturated rings. The number of phenolic OH excluding ortho intramolecular Hbond substituents is 1. The summed E-state index contributed by atoms with van der Waals surface area (Å²) in [7, 11) is 0. The van der Waals surface area contributed by atoms with Crippen LogP contribution >= 0.6 is 39.1 Å². The SMILES string of the molecule is O=C1[C@H]2[C@H](CC=C3[C@H]2C[C@@]2(Cl)C(=O)N(CBr)C(=O)[C@@]2(Cl)[C@H]3c2c(O)ccc3ccccc23)C(=O)N1c1ccc(-c2nc3ccccc3o2)cc1. The van der Waals surface area contributed by atoms with Gasteiger partial charge in [-0.1, -0.05) is 70.0 Å². The molecule has 2 saturated heterocycles. The Morgan fingerprint density at radius 1 is 0.880 bits per heavy atom. The number of fused-ring (bicyclic) bond motifs is 6. The van der Waals surface area contributed by atoms with Crippen LogP contribution < -0.4 is 4.90 Å². The van der Waals surface area contributed by atoms with Gasteiger partial charge in [0.05, 0.1) is 23.0 Å². The second kappa shape index (κ2) is 11.0. The van der Waals surface area contributed by atoms with Crippen molar-refractivity contribution < 1.29 is 28.7 Å². The molecule has 0 unspecified atom stereocenters. The lowest BCUT2D eigenvalue weighted by atomic mass is 9.56. The third-order valence-electron chi connectivity index (χ3n) is 10.9. The number of nitrogens with zero attached hydrogens (tertiary/aromatic N) is 3. The third kappa shape index (κ3) is 4.04. The number of hydrogen-bond acceptors (Lipinski definition) is 7. The number of amides is 4. The van der Waals surface area contributed by atoms with Gasteiger partial charge in [-0.2, -0.15) is 0 Å². The summed E-state index contributed by atoms with van der Waals surface area (Å²) >= 11 is 18.1. The second-order valence-electron chi connectivity index (χ2n) is 13.3. The van der Waals surface area contributed by atoms with Gasteiger partial charge in [0.1, 0.15) is 11.3 Å². The average Bonchev–Trinajstić information content (AvgIpc) is 3.71. The molecule has 0 spiro atoms. The Kier molecular flexibility index (Phi) is 6.92. The minimum absolute atomic E-state index is 0.122. The Bertz CT molecular complexity index is 2330. The number of alkyl halides is 3. The fourth-order valence-corrected chi connectivity index (χ4v) is 10.1. The first-order chi connectivity index (χ1) is 24.1. The number of aromatic nitrogens is 1. The molecule has 4 aliphatic rings. The number of imide groups is 2. The maximum atomic E-state index is 14.5. The Labute approximate surface area is 303 Å². The van der Waals surface area contributed by atoms with Crippen LogP contribution in [-0.4, -0.2) is 53.8 Å². The fourth-order valence-electron chi connectivity index (χ4n) is 8.66. The van der Waals surface area contributed by atoms with E-state index in [0.717, 1.165) is 10.3 Å². The van der Waals surface area contributed by atoms with Gasteiger partial charge in [0.25, 0.3) is 11.8 Å². The van der Waals surface area contributed by atoms with Crippen LogP contribution in [0.2, 0.25) is 0 Å². The second-order valence-corrected chi connectivity index (χ2v) is 15.0. The molecule has 5 aromatic rings. The summed E-state index contributed by atoms with van der Waals surface area (Å²) in [6.45, 7) is 0. The Morgan fingerprint density at radius 2 is 1.62 bits per heavy atom. The monoisotopic (exact) mass is 769 g/mol. The predicted octanol–water partition coefficient (Wildman–Crippen LogP) is 7.27. The van der Waals surface area contributed by atoms with Crippen LogP contribution in [-0.2, 0) is 19.2 Å². The minimum Gasteiger partial charge on any atom is -0.508 e. The molecule has 3 heterocycles. The third-order valence-corrected chi connectivity index (χ3v) is 12.8. The lowest BCUT2D eigenvalue weighted by Gasteiger charge is -2.51. The van der Waals surface area contributed by atoms with Crippen molar-refractivity contribution in [3.63, 3.8) is 0 Å². The summed E-state index contributed by atoms with van der Waals surface area (Å²) in [5, 5.41) is 12.9. The Hall–Kier alpha value is -4.51. The van der Waals surface area contributed by atoms with E-state index in [1.54, 1.807) is 30.3 Å². The van der Waals surface area contributed by atoms with Gasteiger partial charge in [-0.05, 0) is 72.0 Å². The van der Waals surface area contributed by atoms with Crippen LogP contribution in [0.1, 0.15) is 24.3 Å². The van der Waals surface area contributed by atoms with Gasteiger partial charge in [0, 0.05) is 17.0 Å². The molecule has 250 valence electrons. The van der Waals surface area contributed by atoms with Crippen LogP contribution in [0.5, 0.6) is 5.75 Å². The number of anilines is 1. The van der Waals surface area contributed by atoms with E-state index < -0.39 is 51.1 Å². The molecule has 2 aliphatic heterocycles. The van der Waals surface area contributed by atoms with Crippen molar-refractivity contribution >= 4 is 90.3 Å². The van der Waals surface area contributed by atoms with Crippen molar-refractivity contribution in [1.82, 2.24) is 9.88 Å². The smallest absolute Gasteiger partial charge is 0.254 e. The molecule has 0 radical (unpaired) electrons. The topological polar surface area (TPSA) is 121 Å². The number of carbonyl (C=O) groups excluding carboxylic acids is 4. The summed E-state index contributed by atoms with van der Waals surface area (Å²) in [6.07, 6.45) is 1.91. The van der Waals surface area contributed by atoms with Crippen molar-refractivity contribution in [2.45, 2.75) is 28.5 Å². The number of carbonyl (C=O) groups is 4. The highest BCUT2D eigenvalue weighted by molar-refractivity contribution is 9.09. The number of phenols is 1. The van der Waals surface area contributed by atoms with E-state index >= 15 is 0 Å². The molecule has 50 heavy (non-hydrogen) atoms. The molecule has 1 aromatic heterocycles. The van der Waals surface area contributed by atoms with Crippen molar-refractivity contribution in [1.29, 1.82) is 0 Å². The van der Waals surface area contributed by atoms with E-state index in [2.05, 4.69) is 20.9 Å². The average molecular weight is 771 g/mol. The molecule has 4 aromatic carbocycles. The predicted molar refractivity (Wildman–Crippen MR) is 191 cm³/mol. The first-order valence-electron chi connectivity index (χ1n) is 16.1. The van der Waals surface area contributed by atoms with Gasteiger partial charge in [0.15, 0.2) is 15.3 Å². The Balaban J connectivity index is 1.14. The van der Waals surface area contributed by atoms with Gasteiger partial charge in [0.2, 0.25) is 17.7 Å². The molecule has 4 amide bonds. The normalized spacial score (nSPS) is 29.1. The van der Waals surface area contributed by atoms with Crippen LogP contribution in [0.3, 0.4) is 0 Å². The number of para-hydroxylation sites is 2. The Morgan fingerprint density at radius 3 is 2.38 bits per heavy atom. The molecule has 12 heteroatoms. The molecular weight excluding hydrogens is 745 g/mol. The minimum atomic E-state index is -2.03. The van der Waals surface area contributed by atoms with E-state index in [1.165, 1.54) is 11.0 Å². The number of hydrogen-bond donors (Lipinski definition) is 1. The lowest BCUT2D eigenvalue weighted by Crippen LogP contribution is -2.60. The number of likely N-dealkylation sites (tertiary alicyclic amines) is 1. The summed E-state index contributed by atoms with van der Waals surface area (Å²) in [4.78, 5) is 59.5. The molecule has 1 N–H and O–H groups in total. The van der Waals surface area contributed by atoms with E-state index in [1.807, 2.05) is 54.6 Å². The number of halogens is 3. The van der Waals surface area contributed by atoms with E-state index in [-0.39, 0.29) is 30.0 Å². The molecular formula is C38H26BrCl2N3O6. The van der Waals surface area contributed by atoms with Crippen LogP contribution in [0.15, 0.2) is 101 Å². The lowest BCUT2D eigenvalue weighted by molar-refractivity contribution is -0.138. The van der Waals surface area contributed by atoms with Crippen LogP contribution in [0, 0.1) is 17.8 Å². The molecule has 9 rings (SSSR count). The van der Waals surface area contributed by atoms with Gasteiger partial charge in [-0.25, -0.2) is 4.98 Å². The molecule has 9 nitrogen and oxygen atoms in total. The first-order valence-corrected chi connectivity index (χ1v) is 18.0. The van der Waals surface area contributed by atoms with E-state index in [9.17, 15) is 24.3 Å². The maximum absolute atomic E-state index is 14.5. The quantitative estimate of drug-likeness (QED) is 0.0884. The molecule has 0 bridgehead atoms. The maximum Gasteiger partial charge on any atom is 0.254 e. The number of aromatic hydroxyl groups is 1. The highest BCUT2D eigenvalue weighted by Crippen LogP contribution is 2.66. The van der Waals surface area contributed by atoms with Crippen molar-refractivity contribution in [3.8, 4) is 17.2 Å². The zero-order valence-electron chi connectivity index (χ0n) is 26.1. The molecule has 6 atom stereocenters. The van der Waals surface area contributed by atoms with Crippen molar-refractivity contribution in [2.75, 3.05) is 10.4 Å². The van der Waals surface area contributed by atoms with E-state index in [0.29, 0.717) is 44.8 Å². The summed E-state index contributed by atoms with van der Waals surface area (Å²) < 4.78 is 5.90. The van der Waals surface area contributed by atoms with Gasteiger partial charge >= 0.3 is 0 Å². The van der Waals surface area contributed by atoms with E-state index in [4.69, 9.17) is 27.6 Å². The van der Waals surface area contributed by atoms with Crippen LogP contribution in [0.25, 0.3) is 33.3 Å². The van der Waals surface area contributed by atoms with Gasteiger partial charge < -0.3 is 9.52 Å². The summed E-state index contributed by atoms with van der Waals surface area (Å²) in [5.74, 6) is -5.30. The standard InChI is InChI=1S/C38H26BrCl2N3O6/c39-18-43-35(48)37(40)17-25-23(31(38(37,41)36(43)49)30-22-6-2-1-5-19(22)11-16-27(30)45)14-15-24-29(25)34(47)44(33(24)46)21-12-9-20(10-13-21)32-42-26-7-3-4-8-28(26)50-32/h1-14,16,24-25,29,31,45H,15,17-18H2/t24-,25+,29-,31+,37+,38-/m0/s1. The number of allylic oxidation sites excluding steroid dienone is 2. The largest absolute Gasteiger partial charge is 0.508 e. The highest BCUT2D eigenvalue weighted by atomic mass is 79.9. The summed E-state index contributed by atoms with van der Waals surface area (Å²) in [6, 6.07) is 24.9. The number of oxazole rings is 1. The van der Waals surface area contributed by atoms with Gasteiger partial charge in [-0.15, -0.1) is 23.2 Å². The van der Waals surface area contributed by atoms with Crippen LogP contribution in [0.4, 0.5) is 5.69 Å². The zero-order valence-corrected chi connectivity index (χ0v) is 29.2. The highest BCUT2D eigenvalue weighted by Gasteiger charge is 2.76. The van der Waals surface area contributed by atoms with Crippen molar-refractivity contribution in [3.05, 3.63) is 102 Å². The molecule has 1 saturated carbocycles. The first kappa shape index (κ1) is 31.5. The fraction of sp³-hybridized carbons (Fsp3) is 0.237. The van der Waals surface area contributed by atoms with Crippen molar-refractivity contribution in [2.24, 2.45) is 17.8 Å². The van der Waals surface area contributed by atoms with Gasteiger partial charge in [-0.3, -0.25) is 29.0 Å². The number of rotatable bonds is 4. The number of benzene rings is 4. The summed E-state index contributed by atoms with van der Waals surface area (Å²) in [5.41, 5.74) is 3.24. The molecule has 2 aliphatic carbocycles.